The molecule has 4 rings (SSSR count). The van der Waals surface area contributed by atoms with E-state index in [9.17, 15) is 4.79 Å². The Labute approximate surface area is 192 Å². The number of benzene rings is 1. The van der Waals surface area contributed by atoms with Crippen molar-refractivity contribution in [3.05, 3.63) is 34.9 Å². The van der Waals surface area contributed by atoms with Gasteiger partial charge in [-0.2, -0.15) is 0 Å². The minimum Gasteiger partial charge on any atom is -0.379 e. The minimum atomic E-state index is -0.221. The van der Waals surface area contributed by atoms with Gasteiger partial charge in [-0.25, -0.2) is 0 Å². The zero-order valence-corrected chi connectivity index (χ0v) is 19.7. The van der Waals surface area contributed by atoms with E-state index in [-0.39, 0.29) is 11.3 Å². The Kier molecular flexibility index (Phi) is 7.91. The highest BCUT2D eigenvalue weighted by Gasteiger charge is 2.52. The van der Waals surface area contributed by atoms with Crippen LogP contribution in [-0.4, -0.2) is 74.2 Å². The van der Waals surface area contributed by atoms with Crippen molar-refractivity contribution in [2.24, 2.45) is 11.3 Å². The average molecular weight is 448 g/mol. The second-order valence-electron chi connectivity index (χ2n) is 9.54. The Morgan fingerprint density at radius 2 is 2.03 bits per heavy atom. The summed E-state index contributed by atoms with van der Waals surface area (Å²) in [5.74, 6) is 0.774. The maximum absolute atomic E-state index is 13.6. The number of carbonyl (C=O) groups excluding carboxylic acids is 1. The van der Waals surface area contributed by atoms with Crippen LogP contribution in [0.2, 0.25) is 5.02 Å². The number of hydrogen-bond acceptors (Lipinski definition) is 4. The van der Waals surface area contributed by atoms with Crippen LogP contribution in [0.3, 0.4) is 0 Å². The van der Waals surface area contributed by atoms with Crippen molar-refractivity contribution in [3.8, 4) is 0 Å². The van der Waals surface area contributed by atoms with Gasteiger partial charge in [0.15, 0.2) is 0 Å². The summed E-state index contributed by atoms with van der Waals surface area (Å²) in [6.07, 6.45) is 6.25. The first-order valence-electron chi connectivity index (χ1n) is 12.2. The van der Waals surface area contributed by atoms with Crippen LogP contribution in [0.5, 0.6) is 0 Å². The number of likely N-dealkylation sites (tertiary alicyclic amines) is 1. The first kappa shape index (κ1) is 23.0. The minimum absolute atomic E-state index is 0.221. The smallest absolute Gasteiger partial charge is 0.227 e. The molecule has 3 aliphatic rings. The van der Waals surface area contributed by atoms with E-state index in [2.05, 4.69) is 28.1 Å². The first-order valence-corrected chi connectivity index (χ1v) is 12.6. The highest BCUT2D eigenvalue weighted by atomic mass is 35.5. The molecule has 0 radical (unpaired) electrons. The number of nitrogens with zero attached hydrogens (tertiary/aromatic N) is 2. The number of rotatable bonds is 7. The normalized spacial score (nSPS) is 30.0. The van der Waals surface area contributed by atoms with Crippen LogP contribution < -0.4 is 5.32 Å². The molecule has 0 aromatic heterocycles. The molecule has 1 N–H and O–H groups in total. The summed E-state index contributed by atoms with van der Waals surface area (Å²) in [4.78, 5) is 18.7. The molecule has 5 nitrogen and oxygen atoms in total. The molecule has 1 aromatic rings. The third-order valence-electron chi connectivity index (χ3n) is 7.89. The molecule has 1 aliphatic carbocycles. The topological polar surface area (TPSA) is 44.8 Å². The zero-order valence-electron chi connectivity index (χ0n) is 19.0. The van der Waals surface area contributed by atoms with Gasteiger partial charge in [-0.15, -0.1) is 0 Å². The van der Waals surface area contributed by atoms with E-state index in [0.29, 0.717) is 12.0 Å². The number of hydrogen-bond donors (Lipinski definition) is 1. The Morgan fingerprint density at radius 1 is 1.23 bits per heavy atom. The van der Waals surface area contributed by atoms with Crippen molar-refractivity contribution in [3.63, 3.8) is 0 Å². The molecule has 2 heterocycles. The van der Waals surface area contributed by atoms with Gasteiger partial charge in [0, 0.05) is 37.2 Å². The predicted molar refractivity (Wildman–Crippen MR) is 125 cm³/mol. The molecule has 0 spiro atoms. The number of amides is 1. The number of halogens is 1. The van der Waals surface area contributed by atoms with Crippen LogP contribution in [0.25, 0.3) is 0 Å². The van der Waals surface area contributed by atoms with Gasteiger partial charge in [0.1, 0.15) is 0 Å². The summed E-state index contributed by atoms with van der Waals surface area (Å²) >= 11 is 6.28. The molecule has 1 amide bonds. The zero-order chi connectivity index (χ0) is 21.7. The molecule has 0 bridgehead atoms. The molecule has 2 aliphatic heterocycles. The lowest BCUT2D eigenvalue weighted by molar-refractivity contribution is -0.144. The highest BCUT2D eigenvalue weighted by Crippen LogP contribution is 2.47. The van der Waals surface area contributed by atoms with E-state index < -0.39 is 0 Å². The number of morpholine rings is 1. The summed E-state index contributed by atoms with van der Waals surface area (Å²) in [7, 11) is 0. The molecular weight excluding hydrogens is 410 g/mol. The number of carbonyl (C=O) groups is 1. The van der Waals surface area contributed by atoms with Crippen LogP contribution >= 0.6 is 11.6 Å². The molecule has 31 heavy (non-hydrogen) atoms. The predicted octanol–water partition coefficient (Wildman–Crippen LogP) is 3.60. The standard InChI is InChI=1S/C25H38ClN3O2/c1-2-28-13-10-21-18-22(29-14-16-31-17-15-29)9-11-25(21,19-28)24(30)27-12-5-7-20-6-3-4-8-23(20)26/h3-4,6,8,21-22H,2,5,7,9-19H2,1H3,(H,27,30)/t21-,22+,25-/m1/s1. The maximum Gasteiger partial charge on any atom is 0.227 e. The molecule has 3 atom stereocenters. The summed E-state index contributed by atoms with van der Waals surface area (Å²) in [5, 5.41) is 4.15. The van der Waals surface area contributed by atoms with Crippen molar-refractivity contribution in [1.29, 1.82) is 0 Å². The Hall–Kier alpha value is -1.14. The summed E-state index contributed by atoms with van der Waals surface area (Å²) in [6.45, 7) is 9.79. The molecular formula is C25H38ClN3O2. The summed E-state index contributed by atoms with van der Waals surface area (Å²) in [5.41, 5.74) is 0.942. The van der Waals surface area contributed by atoms with Gasteiger partial charge < -0.3 is 15.0 Å². The SMILES string of the molecule is CCN1CC[C@@H]2C[C@@H](N3CCOCC3)CC[C@@]2(C(=O)NCCCc2ccccc2Cl)C1. The van der Waals surface area contributed by atoms with E-state index in [4.69, 9.17) is 16.3 Å². The van der Waals surface area contributed by atoms with Gasteiger partial charge in [0.2, 0.25) is 5.91 Å². The van der Waals surface area contributed by atoms with Gasteiger partial charge in [0.25, 0.3) is 0 Å². The lowest BCUT2D eigenvalue weighted by Gasteiger charge is -2.53. The first-order chi connectivity index (χ1) is 15.1. The van der Waals surface area contributed by atoms with Gasteiger partial charge in [-0.1, -0.05) is 36.7 Å². The number of piperidine rings is 1. The Morgan fingerprint density at radius 3 is 2.81 bits per heavy atom. The third-order valence-corrected chi connectivity index (χ3v) is 8.26. The van der Waals surface area contributed by atoms with E-state index in [1.807, 2.05) is 18.2 Å². The van der Waals surface area contributed by atoms with Gasteiger partial charge >= 0.3 is 0 Å². The molecule has 1 aromatic carbocycles. The largest absolute Gasteiger partial charge is 0.379 e. The lowest BCUT2D eigenvalue weighted by Crippen LogP contribution is -2.60. The van der Waals surface area contributed by atoms with Crippen LogP contribution in [-0.2, 0) is 16.0 Å². The van der Waals surface area contributed by atoms with Crippen molar-refractivity contribution in [2.45, 2.75) is 51.5 Å². The number of fused-ring (bicyclic) bond motifs is 1. The third kappa shape index (κ3) is 5.27. The van der Waals surface area contributed by atoms with Gasteiger partial charge in [-0.3, -0.25) is 9.69 Å². The number of nitrogens with one attached hydrogen (secondary N) is 1. The summed E-state index contributed by atoms with van der Waals surface area (Å²) in [6, 6.07) is 8.61. The quantitative estimate of drug-likeness (QED) is 0.648. The second kappa shape index (κ2) is 10.7. The fourth-order valence-electron chi connectivity index (χ4n) is 5.99. The van der Waals surface area contributed by atoms with Crippen molar-refractivity contribution >= 4 is 17.5 Å². The fourth-order valence-corrected chi connectivity index (χ4v) is 6.22. The average Bonchev–Trinajstić information content (AvgIpc) is 2.82. The fraction of sp³-hybridized carbons (Fsp3) is 0.720. The van der Waals surface area contributed by atoms with Crippen LogP contribution in [0.4, 0.5) is 0 Å². The van der Waals surface area contributed by atoms with Crippen LogP contribution in [0, 0.1) is 11.3 Å². The van der Waals surface area contributed by atoms with Crippen LogP contribution in [0.1, 0.15) is 44.6 Å². The molecule has 2 saturated heterocycles. The van der Waals surface area contributed by atoms with Gasteiger partial charge in [0.05, 0.1) is 18.6 Å². The molecule has 172 valence electrons. The Balaban J connectivity index is 1.36. The maximum atomic E-state index is 13.6. The lowest BCUT2D eigenvalue weighted by atomic mass is 9.61. The monoisotopic (exact) mass is 447 g/mol. The van der Waals surface area contributed by atoms with E-state index in [1.165, 1.54) is 0 Å². The molecule has 6 heteroatoms. The molecule has 0 unspecified atom stereocenters. The second-order valence-corrected chi connectivity index (χ2v) is 9.95. The van der Waals surface area contributed by atoms with E-state index in [1.54, 1.807) is 0 Å². The number of aryl methyl sites for hydroxylation is 1. The van der Waals surface area contributed by atoms with Crippen molar-refractivity contribution in [1.82, 2.24) is 15.1 Å². The highest BCUT2D eigenvalue weighted by molar-refractivity contribution is 6.31. The number of ether oxygens (including phenoxy) is 1. The van der Waals surface area contributed by atoms with Crippen LogP contribution in [0.15, 0.2) is 24.3 Å². The molecule has 3 fully saturated rings. The van der Waals surface area contributed by atoms with Crippen molar-refractivity contribution in [2.75, 3.05) is 52.5 Å². The van der Waals surface area contributed by atoms with Gasteiger partial charge in [-0.05, 0) is 69.2 Å². The molecule has 1 saturated carbocycles. The Bertz CT molecular complexity index is 739. The summed E-state index contributed by atoms with van der Waals surface area (Å²) < 4.78 is 5.56. The van der Waals surface area contributed by atoms with E-state index >= 15 is 0 Å². The van der Waals surface area contributed by atoms with E-state index in [0.717, 1.165) is 102 Å². The van der Waals surface area contributed by atoms with Crippen molar-refractivity contribution < 1.29 is 9.53 Å².